The molecule has 0 atom stereocenters. The maximum atomic E-state index is 13.8. The summed E-state index contributed by atoms with van der Waals surface area (Å²) < 4.78 is 13.8. The molecule has 0 aliphatic carbocycles. The van der Waals surface area contributed by atoms with Crippen molar-refractivity contribution in [2.24, 2.45) is 0 Å². The molecular formula is C14H9Cl2FO. The van der Waals surface area contributed by atoms with E-state index >= 15 is 0 Å². The number of ketones is 1. The summed E-state index contributed by atoms with van der Waals surface area (Å²) in [6.07, 6.45) is 0. The Balaban J connectivity index is 2.62. The van der Waals surface area contributed by atoms with E-state index in [1.807, 2.05) is 0 Å². The van der Waals surface area contributed by atoms with Crippen molar-refractivity contribution in [2.45, 2.75) is 6.92 Å². The molecule has 2 aromatic rings. The van der Waals surface area contributed by atoms with Crippen molar-refractivity contribution in [3.05, 3.63) is 57.8 Å². The first kappa shape index (κ1) is 13.1. The molecule has 0 saturated carbocycles. The first-order valence-corrected chi connectivity index (χ1v) is 6.00. The van der Waals surface area contributed by atoms with Gasteiger partial charge in [-0.1, -0.05) is 23.2 Å². The van der Waals surface area contributed by atoms with Crippen molar-refractivity contribution < 1.29 is 9.18 Å². The quantitative estimate of drug-likeness (QED) is 0.709. The van der Waals surface area contributed by atoms with Crippen LogP contribution in [0.15, 0.2) is 36.4 Å². The van der Waals surface area contributed by atoms with Gasteiger partial charge in [0.25, 0.3) is 0 Å². The number of benzene rings is 2. The standard InChI is InChI=1S/C14H9Cl2FO/c1-8(18)9-2-3-14(17)13(6-9)10-4-11(15)7-12(16)5-10/h2-7H,1H3. The number of rotatable bonds is 2. The second kappa shape index (κ2) is 5.09. The summed E-state index contributed by atoms with van der Waals surface area (Å²) in [6, 6.07) is 9.00. The minimum Gasteiger partial charge on any atom is -0.295 e. The smallest absolute Gasteiger partial charge is 0.159 e. The molecule has 2 aromatic carbocycles. The van der Waals surface area contributed by atoms with Gasteiger partial charge in [-0.3, -0.25) is 4.79 Å². The molecule has 18 heavy (non-hydrogen) atoms. The molecular weight excluding hydrogens is 274 g/mol. The Hall–Kier alpha value is -1.38. The largest absolute Gasteiger partial charge is 0.295 e. The fourth-order valence-corrected chi connectivity index (χ4v) is 2.20. The lowest BCUT2D eigenvalue weighted by atomic mass is 10.0. The summed E-state index contributed by atoms with van der Waals surface area (Å²) in [5.41, 5.74) is 1.31. The topological polar surface area (TPSA) is 17.1 Å². The SMILES string of the molecule is CC(=O)c1ccc(F)c(-c2cc(Cl)cc(Cl)c2)c1. The van der Waals surface area contributed by atoms with Crippen LogP contribution in [0.3, 0.4) is 0 Å². The molecule has 0 bridgehead atoms. The molecule has 0 fully saturated rings. The zero-order chi connectivity index (χ0) is 13.3. The van der Waals surface area contributed by atoms with Gasteiger partial charge in [0.1, 0.15) is 5.82 Å². The van der Waals surface area contributed by atoms with Crippen LogP contribution in [0.5, 0.6) is 0 Å². The van der Waals surface area contributed by atoms with Gasteiger partial charge in [0.15, 0.2) is 5.78 Å². The van der Waals surface area contributed by atoms with E-state index in [2.05, 4.69) is 0 Å². The van der Waals surface area contributed by atoms with Gasteiger partial charge < -0.3 is 0 Å². The Labute approximate surface area is 114 Å². The third-order valence-electron chi connectivity index (χ3n) is 2.55. The summed E-state index contributed by atoms with van der Waals surface area (Å²) >= 11 is 11.8. The second-order valence-corrected chi connectivity index (χ2v) is 4.78. The monoisotopic (exact) mass is 282 g/mol. The van der Waals surface area contributed by atoms with E-state index in [1.54, 1.807) is 18.2 Å². The molecule has 0 spiro atoms. The van der Waals surface area contributed by atoms with Crippen molar-refractivity contribution in [3.8, 4) is 11.1 Å². The maximum Gasteiger partial charge on any atom is 0.159 e. The van der Waals surface area contributed by atoms with Crippen LogP contribution in [0.4, 0.5) is 4.39 Å². The van der Waals surface area contributed by atoms with Crippen molar-refractivity contribution in [3.63, 3.8) is 0 Å². The molecule has 0 heterocycles. The molecule has 0 aliphatic rings. The van der Waals surface area contributed by atoms with Gasteiger partial charge >= 0.3 is 0 Å². The number of hydrogen-bond donors (Lipinski definition) is 0. The van der Waals surface area contributed by atoms with Crippen LogP contribution in [0.1, 0.15) is 17.3 Å². The van der Waals surface area contributed by atoms with Crippen molar-refractivity contribution in [1.82, 2.24) is 0 Å². The Bertz CT molecular complexity index is 603. The van der Waals surface area contributed by atoms with Gasteiger partial charge in [-0.25, -0.2) is 4.39 Å². The number of Topliss-reactive ketones (excluding diaryl/α,β-unsaturated/α-hetero) is 1. The van der Waals surface area contributed by atoms with E-state index in [9.17, 15) is 9.18 Å². The second-order valence-electron chi connectivity index (χ2n) is 3.91. The summed E-state index contributed by atoms with van der Waals surface area (Å²) in [4.78, 5) is 11.3. The average Bonchev–Trinajstić information content (AvgIpc) is 2.27. The Morgan fingerprint density at radius 1 is 1.06 bits per heavy atom. The number of hydrogen-bond acceptors (Lipinski definition) is 1. The normalized spacial score (nSPS) is 10.4. The molecule has 0 unspecified atom stereocenters. The van der Waals surface area contributed by atoms with Gasteiger partial charge in [0.2, 0.25) is 0 Å². The maximum absolute atomic E-state index is 13.8. The van der Waals surface area contributed by atoms with Gasteiger partial charge in [-0.2, -0.15) is 0 Å². The van der Waals surface area contributed by atoms with Gasteiger partial charge in [0, 0.05) is 21.2 Å². The highest BCUT2D eigenvalue weighted by atomic mass is 35.5. The average molecular weight is 283 g/mol. The predicted octanol–water partition coefficient (Wildman–Crippen LogP) is 5.00. The van der Waals surface area contributed by atoms with E-state index in [1.165, 1.54) is 25.1 Å². The molecule has 0 saturated heterocycles. The number of carbonyl (C=O) groups excluding carboxylic acids is 1. The lowest BCUT2D eigenvalue weighted by Crippen LogP contribution is -1.94. The Morgan fingerprint density at radius 3 is 2.22 bits per heavy atom. The fourth-order valence-electron chi connectivity index (χ4n) is 1.67. The molecule has 2 rings (SSSR count). The van der Waals surface area contributed by atoms with E-state index in [-0.39, 0.29) is 5.78 Å². The minimum absolute atomic E-state index is 0.121. The third kappa shape index (κ3) is 2.71. The minimum atomic E-state index is -0.418. The Morgan fingerprint density at radius 2 is 1.67 bits per heavy atom. The van der Waals surface area contributed by atoms with Crippen LogP contribution in [0.25, 0.3) is 11.1 Å². The van der Waals surface area contributed by atoms with Crippen LogP contribution in [0.2, 0.25) is 10.0 Å². The molecule has 0 N–H and O–H groups in total. The van der Waals surface area contributed by atoms with Crippen LogP contribution >= 0.6 is 23.2 Å². The summed E-state index contributed by atoms with van der Waals surface area (Å²) in [5, 5.41) is 0.843. The lowest BCUT2D eigenvalue weighted by molar-refractivity contribution is 0.101. The highest BCUT2D eigenvalue weighted by Crippen LogP contribution is 2.29. The molecule has 0 amide bonds. The lowest BCUT2D eigenvalue weighted by Gasteiger charge is -2.07. The zero-order valence-electron chi connectivity index (χ0n) is 9.51. The van der Waals surface area contributed by atoms with Gasteiger partial charge in [-0.15, -0.1) is 0 Å². The van der Waals surface area contributed by atoms with Crippen molar-refractivity contribution >= 4 is 29.0 Å². The van der Waals surface area contributed by atoms with Crippen LogP contribution in [-0.4, -0.2) is 5.78 Å². The summed E-state index contributed by atoms with van der Waals surface area (Å²) in [6.45, 7) is 1.43. The molecule has 0 radical (unpaired) electrons. The highest BCUT2D eigenvalue weighted by Gasteiger charge is 2.10. The van der Waals surface area contributed by atoms with E-state index in [0.29, 0.717) is 26.7 Å². The van der Waals surface area contributed by atoms with E-state index in [0.717, 1.165) is 0 Å². The van der Waals surface area contributed by atoms with E-state index in [4.69, 9.17) is 23.2 Å². The van der Waals surface area contributed by atoms with Crippen molar-refractivity contribution in [1.29, 1.82) is 0 Å². The summed E-state index contributed by atoms with van der Waals surface area (Å²) in [7, 11) is 0. The first-order valence-electron chi connectivity index (χ1n) is 5.24. The van der Waals surface area contributed by atoms with Gasteiger partial charge in [0.05, 0.1) is 0 Å². The van der Waals surface area contributed by atoms with Gasteiger partial charge in [-0.05, 0) is 48.9 Å². The highest BCUT2D eigenvalue weighted by molar-refractivity contribution is 6.35. The number of halogens is 3. The molecule has 1 nitrogen and oxygen atoms in total. The fraction of sp³-hybridized carbons (Fsp3) is 0.0714. The summed E-state index contributed by atoms with van der Waals surface area (Å²) in [5.74, 6) is -0.539. The van der Waals surface area contributed by atoms with Crippen LogP contribution in [0, 0.1) is 5.82 Å². The first-order chi connectivity index (χ1) is 8.47. The molecule has 0 aliphatic heterocycles. The van der Waals surface area contributed by atoms with Crippen LogP contribution in [-0.2, 0) is 0 Å². The molecule has 92 valence electrons. The number of carbonyl (C=O) groups is 1. The Kier molecular flexibility index (Phi) is 3.69. The van der Waals surface area contributed by atoms with Crippen LogP contribution < -0.4 is 0 Å². The third-order valence-corrected chi connectivity index (χ3v) is 2.98. The predicted molar refractivity (Wildman–Crippen MR) is 71.9 cm³/mol. The molecule has 0 aromatic heterocycles. The zero-order valence-corrected chi connectivity index (χ0v) is 11.0. The molecule has 4 heteroatoms. The van der Waals surface area contributed by atoms with E-state index < -0.39 is 5.82 Å². The van der Waals surface area contributed by atoms with Crippen molar-refractivity contribution in [2.75, 3.05) is 0 Å².